The van der Waals surface area contributed by atoms with Crippen molar-refractivity contribution in [1.82, 2.24) is 4.98 Å². The van der Waals surface area contributed by atoms with E-state index in [4.69, 9.17) is 27.9 Å². The average molecular weight is 431 g/mol. The first kappa shape index (κ1) is 18.9. The molecular weight excluding hydrogens is 419 g/mol. The van der Waals surface area contributed by atoms with Crippen molar-refractivity contribution in [2.45, 2.75) is 11.4 Å². The lowest BCUT2D eigenvalue weighted by Crippen LogP contribution is -2.06. The van der Waals surface area contributed by atoms with Gasteiger partial charge in [0.2, 0.25) is 0 Å². The number of benzene rings is 2. The van der Waals surface area contributed by atoms with Gasteiger partial charge >= 0.3 is 0 Å². The number of thiazole rings is 1. The van der Waals surface area contributed by atoms with Gasteiger partial charge in [-0.2, -0.15) is 8.42 Å². The summed E-state index contributed by atoms with van der Waals surface area (Å²) in [6.45, 7) is 0.310. The fourth-order valence-corrected chi connectivity index (χ4v) is 3.84. The Labute approximate surface area is 164 Å². The van der Waals surface area contributed by atoms with E-state index in [9.17, 15) is 13.0 Å². The Hall–Kier alpha value is -1.84. The van der Waals surface area contributed by atoms with Crippen molar-refractivity contribution < 1.29 is 17.7 Å². The second-order valence-corrected chi connectivity index (χ2v) is 8.65. The fraction of sp³-hybridized carbons (Fsp3) is 0.0625. The van der Waals surface area contributed by atoms with Crippen molar-refractivity contribution in [3.05, 3.63) is 63.0 Å². The highest BCUT2D eigenvalue weighted by Gasteiger charge is 2.17. The number of hydrogen-bond donors (Lipinski definition) is 2. The monoisotopic (exact) mass is 430 g/mol. The molecular formula is C16H12Cl2N2O4S2. The summed E-state index contributed by atoms with van der Waals surface area (Å²) < 4.78 is 39.0. The number of nitrogens with zero attached hydrogens (tertiary/aromatic N) is 1. The minimum atomic E-state index is -4.46. The predicted molar refractivity (Wildman–Crippen MR) is 102 cm³/mol. The summed E-state index contributed by atoms with van der Waals surface area (Å²) >= 11 is 12.9. The zero-order chi connectivity index (χ0) is 18.7. The normalized spacial score (nSPS) is 11.3. The maximum absolute atomic E-state index is 11.7. The zero-order valence-corrected chi connectivity index (χ0v) is 16.2. The van der Waals surface area contributed by atoms with Crippen molar-refractivity contribution in [2.75, 3.05) is 5.32 Å². The van der Waals surface area contributed by atoms with E-state index in [2.05, 4.69) is 10.3 Å². The van der Waals surface area contributed by atoms with Gasteiger partial charge in [-0.25, -0.2) is 4.98 Å². The second kappa shape index (κ2) is 7.81. The molecule has 10 heteroatoms. The van der Waals surface area contributed by atoms with Crippen LogP contribution in [-0.2, 0) is 16.7 Å². The van der Waals surface area contributed by atoms with Gasteiger partial charge in [-0.15, -0.1) is 11.3 Å². The molecule has 2 N–H and O–H groups in total. The van der Waals surface area contributed by atoms with Gasteiger partial charge in [-0.1, -0.05) is 23.2 Å². The second-order valence-electron chi connectivity index (χ2n) is 5.12. The summed E-state index contributed by atoms with van der Waals surface area (Å²) in [6, 6.07) is 10.9. The number of ether oxygens (including phenoxy) is 1. The minimum absolute atomic E-state index is 0.237. The lowest BCUT2D eigenvalue weighted by Gasteiger charge is -2.12. The largest absolute Gasteiger partial charge is 0.457 e. The summed E-state index contributed by atoms with van der Waals surface area (Å²) in [6.07, 6.45) is 1.59. The Morgan fingerprint density at radius 1 is 1.12 bits per heavy atom. The molecule has 6 nitrogen and oxygen atoms in total. The fourth-order valence-electron chi connectivity index (χ4n) is 2.11. The SMILES string of the molecule is O=S(=O)(O)c1cc(Oc2ccc(Cl)cc2)ccc1NCc1cnc(Cl)s1. The highest BCUT2D eigenvalue weighted by Crippen LogP contribution is 2.30. The molecule has 0 amide bonds. The molecule has 0 aliphatic heterocycles. The first-order chi connectivity index (χ1) is 12.3. The van der Waals surface area contributed by atoms with E-state index in [0.717, 1.165) is 4.88 Å². The van der Waals surface area contributed by atoms with Gasteiger partial charge in [0.15, 0.2) is 4.47 Å². The van der Waals surface area contributed by atoms with E-state index < -0.39 is 10.1 Å². The van der Waals surface area contributed by atoms with Crippen molar-refractivity contribution >= 4 is 50.3 Å². The van der Waals surface area contributed by atoms with Crippen molar-refractivity contribution in [2.24, 2.45) is 0 Å². The third-order valence-electron chi connectivity index (χ3n) is 3.26. The molecule has 136 valence electrons. The molecule has 0 atom stereocenters. The third kappa shape index (κ3) is 4.87. The topological polar surface area (TPSA) is 88.5 Å². The molecule has 0 aliphatic carbocycles. The van der Waals surface area contributed by atoms with E-state index in [0.29, 0.717) is 21.8 Å². The smallest absolute Gasteiger partial charge is 0.296 e. The molecule has 0 fully saturated rings. The number of rotatable bonds is 6. The van der Waals surface area contributed by atoms with Gasteiger partial charge in [0.1, 0.15) is 16.4 Å². The summed E-state index contributed by atoms with van der Waals surface area (Å²) in [5.41, 5.74) is 0.237. The summed E-state index contributed by atoms with van der Waals surface area (Å²) in [7, 11) is -4.46. The lowest BCUT2D eigenvalue weighted by molar-refractivity contribution is 0.472. The summed E-state index contributed by atoms with van der Waals surface area (Å²) in [5, 5.41) is 3.50. The maximum atomic E-state index is 11.7. The lowest BCUT2D eigenvalue weighted by atomic mass is 10.3. The minimum Gasteiger partial charge on any atom is -0.457 e. The van der Waals surface area contributed by atoms with Gasteiger partial charge in [-0.05, 0) is 36.4 Å². The molecule has 0 spiro atoms. The van der Waals surface area contributed by atoms with Crippen LogP contribution in [0.4, 0.5) is 5.69 Å². The molecule has 26 heavy (non-hydrogen) atoms. The quantitative estimate of drug-likeness (QED) is 0.528. The van der Waals surface area contributed by atoms with Crippen LogP contribution < -0.4 is 10.1 Å². The van der Waals surface area contributed by atoms with Crippen LogP contribution in [0.5, 0.6) is 11.5 Å². The van der Waals surface area contributed by atoms with Gasteiger partial charge in [-0.3, -0.25) is 4.55 Å². The third-order valence-corrected chi connectivity index (χ3v) is 5.52. The standard InChI is InChI=1S/C16H12Cl2N2O4S2/c17-10-1-3-11(4-2-10)24-12-5-6-14(15(7-12)26(21,22)23)19-8-13-9-20-16(18)25-13/h1-7,9,19H,8H2,(H,21,22,23). The molecule has 0 aliphatic rings. The molecule has 0 unspecified atom stereocenters. The van der Waals surface area contributed by atoms with E-state index >= 15 is 0 Å². The van der Waals surface area contributed by atoms with Crippen LogP contribution in [0.25, 0.3) is 0 Å². The van der Waals surface area contributed by atoms with Gasteiger partial charge in [0.05, 0.1) is 12.2 Å². The molecule has 2 aromatic carbocycles. The molecule has 0 saturated carbocycles. The highest BCUT2D eigenvalue weighted by molar-refractivity contribution is 7.86. The highest BCUT2D eigenvalue weighted by atomic mass is 35.5. The van der Waals surface area contributed by atoms with Crippen LogP contribution >= 0.6 is 34.5 Å². The Bertz CT molecular complexity index is 1020. The van der Waals surface area contributed by atoms with Crippen LogP contribution in [0, 0.1) is 0 Å². The van der Waals surface area contributed by atoms with E-state index in [1.54, 1.807) is 36.5 Å². The summed E-state index contributed by atoms with van der Waals surface area (Å²) in [4.78, 5) is 4.44. The zero-order valence-electron chi connectivity index (χ0n) is 13.0. The van der Waals surface area contributed by atoms with Crippen LogP contribution in [0.3, 0.4) is 0 Å². The Morgan fingerprint density at radius 2 is 1.81 bits per heavy atom. The van der Waals surface area contributed by atoms with Crippen LogP contribution in [0.2, 0.25) is 9.49 Å². The van der Waals surface area contributed by atoms with Crippen molar-refractivity contribution in [3.63, 3.8) is 0 Å². The van der Waals surface area contributed by atoms with Crippen LogP contribution in [-0.4, -0.2) is 18.0 Å². The van der Waals surface area contributed by atoms with E-state index in [1.165, 1.54) is 23.5 Å². The van der Waals surface area contributed by atoms with Gasteiger partial charge in [0.25, 0.3) is 10.1 Å². The Morgan fingerprint density at radius 3 is 2.42 bits per heavy atom. The predicted octanol–water partition coefficient (Wildman–Crippen LogP) is 5.10. The number of halogens is 2. The van der Waals surface area contributed by atoms with Gasteiger partial charge in [0, 0.05) is 22.2 Å². The molecule has 3 aromatic rings. The van der Waals surface area contributed by atoms with Crippen LogP contribution in [0.15, 0.2) is 53.6 Å². The molecule has 0 bridgehead atoms. The van der Waals surface area contributed by atoms with Crippen molar-refractivity contribution in [1.29, 1.82) is 0 Å². The summed E-state index contributed by atoms with van der Waals surface area (Å²) in [5.74, 6) is 0.738. The molecule has 0 saturated heterocycles. The number of aromatic nitrogens is 1. The molecule has 3 rings (SSSR count). The maximum Gasteiger partial charge on any atom is 0.296 e. The van der Waals surface area contributed by atoms with E-state index in [-0.39, 0.29) is 16.3 Å². The van der Waals surface area contributed by atoms with Gasteiger partial charge < -0.3 is 10.1 Å². The number of anilines is 1. The van der Waals surface area contributed by atoms with Crippen LogP contribution in [0.1, 0.15) is 4.88 Å². The van der Waals surface area contributed by atoms with E-state index in [1.807, 2.05) is 0 Å². The first-order valence-corrected chi connectivity index (χ1v) is 10.2. The first-order valence-electron chi connectivity index (χ1n) is 7.20. The molecule has 1 heterocycles. The average Bonchev–Trinajstić information content (AvgIpc) is 3.00. The number of hydrogen-bond acceptors (Lipinski definition) is 6. The molecule has 0 radical (unpaired) electrons. The van der Waals surface area contributed by atoms with Crippen molar-refractivity contribution in [3.8, 4) is 11.5 Å². The Balaban J connectivity index is 1.84. The Kier molecular flexibility index (Phi) is 5.69. The number of nitrogens with one attached hydrogen (secondary N) is 1. The molecule has 1 aromatic heterocycles.